The second-order valence-corrected chi connectivity index (χ2v) is 4.03. The number of carboxylic acids is 1. The van der Waals surface area contributed by atoms with Gasteiger partial charge in [0.15, 0.2) is 0 Å². The van der Waals surface area contributed by atoms with Gasteiger partial charge < -0.3 is 24.9 Å². The maximum absolute atomic E-state index is 11.5. The third kappa shape index (κ3) is 5.91. The number of ether oxygens (including phenoxy) is 1. The van der Waals surface area contributed by atoms with Crippen molar-refractivity contribution >= 4 is 12.0 Å². The number of rotatable bonds is 7. The van der Waals surface area contributed by atoms with Gasteiger partial charge in [-0.3, -0.25) is 4.79 Å². The van der Waals surface area contributed by atoms with Gasteiger partial charge in [-0.25, -0.2) is 4.79 Å². The summed E-state index contributed by atoms with van der Waals surface area (Å²) in [4.78, 5) is 22.0. The Hall–Kier alpha value is -2.02. The first kappa shape index (κ1) is 15.0. The highest BCUT2D eigenvalue weighted by Gasteiger charge is 2.13. The van der Waals surface area contributed by atoms with Gasteiger partial charge in [0, 0.05) is 13.7 Å². The zero-order valence-corrected chi connectivity index (χ0v) is 10.9. The summed E-state index contributed by atoms with van der Waals surface area (Å²) < 4.78 is 10.2. The van der Waals surface area contributed by atoms with E-state index in [1.165, 1.54) is 7.11 Å². The molecular weight excluding hydrogens is 252 g/mol. The summed E-state index contributed by atoms with van der Waals surface area (Å²) in [6, 6.07) is 3.18. The monoisotopic (exact) mass is 270 g/mol. The Labute approximate surface area is 110 Å². The maximum Gasteiger partial charge on any atom is 0.315 e. The molecule has 2 amide bonds. The molecule has 3 N–H and O–H groups in total. The molecule has 0 saturated carbocycles. The lowest BCUT2D eigenvalue weighted by molar-refractivity contribution is -0.139. The predicted octanol–water partition coefficient (Wildman–Crippen LogP) is 0.877. The quantitative estimate of drug-likeness (QED) is 0.682. The van der Waals surface area contributed by atoms with E-state index in [1.54, 1.807) is 6.07 Å². The van der Waals surface area contributed by atoms with Crippen molar-refractivity contribution in [1.29, 1.82) is 0 Å². The summed E-state index contributed by atoms with van der Waals surface area (Å²) in [6.07, 6.45) is -0.706. The van der Waals surface area contributed by atoms with Crippen molar-refractivity contribution < 1.29 is 23.8 Å². The molecule has 0 aromatic carbocycles. The number of aliphatic carboxylic acids is 1. The van der Waals surface area contributed by atoms with Crippen LogP contribution in [-0.4, -0.2) is 36.9 Å². The average Bonchev–Trinajstić information content (AvgIpc) is 2.77. The van der Waals surface area contributed by atoms with Gasteiger partial charge in [-0.15, -0.1) is 0 Å². The fraction of sp³-hybridized carbons (Fsp3) is 0.500. The summed E-state index contributed by atoms with van der Waals surface area (Å²) in [5.41, 5.74) is 0. The SMILES string of the molecule is COC(CNC(=O)NCc1ccc(C)o1)CC(=O)O. The molecule has 106 valence electrons. The summed E-state index contributed by atoms with van der Waals surface area (Å²) in [6.45, 7) is 2.22. The molecule has 7 heteroatoms. The second-order valence-electron chi connectivity index (χ2n) is 4.03. The number of carbonyl (C=O) groups is 2. The molecule has 1 unspecified atom stereocenters. The Balaban J connectivity index is 2.25. The number of amides is 2. The molecule has 0 fully saturated rings. The number of aryl methyl sites for hydroxylation is 1. The molecular formula is C12H18N2O5. The van der Waals surface area contributed by atoms with Crippen molar-refractivity contribution in [2.24, 2.45) is 0 Å². The van der Waals surface area contributed by atoms with Gasteiger partial charge in [0.05, 0.1) is 19.1 Å². The number of carbonyl (C=O) groups excluding carboxylic acids is 1. The molecule has 0 bridgehead atoms. The Morgan fingerprint density at radius 1 is 1.42 bits per heavy atom. The highest BCUT2D eigenvalue weighted by atomic mass is 16.5. The minimum atomic E-state index is -0.972. The minimum absolute atomic E-state index is 0.131. The molecule has 19 heavy (non-hydrogen) atoms. The Morgan fingerprint density at radius 3 is 2.68 bits per heavy atom. The van der Waals surface area contributed by atoms with Crippen molar-refractivity contribution in [1.82, 2.24) is 10.6 Å². The highest BCUT2D eigenvalue weighted by molar-refractivity contribution is 5.74. The van der Waals surface area contributed by atoms with Gasteiger partial charge in [0.25, 0.3) is 0 Å². The molecule has 1 rings (SSSR count). The van der Waals surface area contributed by atoms with Crippen molar-refractivity contribution in [2.45, 2.75) is 26.0 Å². The molecule has 0 spiro atoms. The topological polar surface area (TPSA) is 101 Å². The Morgan fingerprint density at radius 2 is 2.16 bits per heavy atom. The molecule has 0 radical (unpaired) electrons. The Kier molecular flexibility index (Phi) is 5.87. The standard InChI is InChI=1S/C12H18N2O5/c1-8-3-4-9(19-8)6-13-12(17)14-7-10(18-2)5-11(15)16/h3-4,10H,5-7H2,1-2H3,(H,15,16)(H2,13,14,17). The van der Waals surface area contributed by atoms with Crippen LogP contribution in [0.25, 0.3) is 0 Å². The Bertz CT molecular complexity index is 430. The number of hydrogen-bond donors (Lipinski definition) is 3. The van der Waals surface area contributed by atoms with Gasteiger partial charge in [0.1, 0.15) is 11.5 Å². The number of hydrogen-bond acceptors (Lipinski definition) is 4. The second kappa shape index (κ2) is 7.42. The number of urea groups is 1. The largest absolute Gasteiger partial charge is 0.481 e. The van der Waals surface area contributed by atoms with Crippen LogP contribution in [0.5, 0.6) is 0 Å². The van der Waals surface area contributed by atoms with Crippen molar-refractivity contribution in [3.05, 3.63) is 23.7 Å². The third-order valence-electron chi connectivity index (χ3n) is 2.45. The smallest absolute Gasteiger partial charge is 0.315 e. The van der Waals surface area contributed by atoms with E-state index in [-0.39, 0.29) is 19.5 Å². The average molecular weight is 270 g/mol. The van der Waals surface area contributed by atoms with Crippen LogP contribution in [0.15, 0.2) is 16.5 Å². The summed E-state index contributed by atoms with van der Waals surface area (Å²) in [7, 11) is 1.40. The number of carboxylic acid groups (broad SMARTS) is 1. The summed E-state index contributed by atoms with van der Waals surface area (Å²) in [5, 5.41) is 13.7. The van der Waals surface area contributed by atoms with E-state index in [0.717, 1.165) is 5.76 Å². The lowest BCUT2D eigenvalue weighted by Gasteiger charge is -2.14. The van der Waals surface area contributed by atoms with E-state index in [2.05, 4.69) is 10.6 Å². The van der Waals surface area contributed by atoms with E-state index in [1.807, 2.05) is 13.0 Å². The summed E-state index contributed by atoms with van der Waals surface area (Å²) >= 11 is 0. The van der Waals surface area contributed by atoms with Crippen LogP contribution in [0.4, 0.5) is 4.79 Å². The van der Waals surface area contributed by atoms with Gasteiger partial charge in [-0.05, 0) is 19.1 Å². The van der Waals surface area contributed by atoms with Crippen LogP contribution in [0.3, 0.4) is 0 Å². The van der Waals surface area contributed by atoms with Crippen molar-refractivity contribution in [2.75, 3.05) is 13.7 Å². The van der Waals surface area contributed by atoms with Crippen LogP contribution >= 0.6 is 0 Å². The molecule has 0 saturated heterocycles. The van der Waals surface area contributed by atoms with Gasteiger partial charge in [0.2, 0.25) is 0 Å². The number of furan rings is 1. The fourth-order valence-corrected chi connectivity index (χ4v) is 1.45. The van der Waals surface area contributed by atoms with Crippen molar-refractivity contribution in [3.63, 3.8) is 0 Å². The van der Waals surface area contributed by atoms with E-state index < -0.39 is 18.1 Å². The first-order valence-corrected chi connectivity index (χ1v) is 5.83. The van der Waals surface area contributed by atoms with E-state index in [4.69, 9.17) is 14.3 Å². The molecule has 1 heterocycles. The molecule has 1 aromatic rings. The maximum atomic E-state index is 11.5. The van der Waals surface area contributed by atoms with Gasteiger partial charge >= 0.3 is 12.0 Å². The highest BCUT2D eigenvalue weighted by Crippen LogP contribution is 2.05. The number of nitrogens with one attached hydrogen (secondary N) is 2. The molecule has 7 nitrogen and oxygen atoms in total. The van der Waals surface area contributed by atoms with Crippen LogP contribution in [0, 0.1) is 6.92 Å². The molecule has 0 aliphatic rings. The zero-order valence-electron chi connectivity index (χ0n) is 10.9. The molecule has 1 aromatic heterocycles. The summed E-state index contributed by atoms with van der Waals surface area (Å²) in [5.74, 6) is 0.458. The lowest BCUT2D eigenvalue weighted by Crippen LogP contribution is -2.40. The third-order valence-corrected chi connectivity index (χ3v) is 2.45. The number of methoxy groups -OCH3 is 1. The zero-order chi connectivity index (χ0) is 14.3. The van der Waals surface area contributed by atoms with Crippen LogP contribution in [-0.2, 0) is 16.1 Å². The fourth-order valence-electron chi connectivity index (χ4n) is 1.45. The first-order chi connectivity index (χ1) is 9.01. The van der Waals surface area contributed by atoms with Crippen LogP contribution in [0.2, 0.25) is 0 Å². The molecule has 0 aliphatic carbocycles. The minimum Gasteiger partial charge on any atom is -0.481 e. The molecule has 0 aliphatic heterocycles. The van der Waals surface area contributed by atoms with Gasteiger partial charge in [-0.1, -0.05) is 0 Å². The normalized spacial score (nSPS) is 11.9. The van der Waals surface area contributed by atoms with Crippen LogP contribution in [0.1, 0.15) is 17.9 Å². The van der Waals surface area contributed by atoms with E-state index in [0.29, 0.717) is 5.76 Å². The predicted molar refractivity (Wildman–Crippen MR) is 66.7 cm³/mol. The first-order valence-electron chi connectivity index (χ1n) is 5.83. The lowest BCUT2D eigenvalue weighted by atomic mass is 10.2. The van der Waals surface area contributed by atoms with Gasteiger partial charge in [-0.2, -0.15) is 0 Å². The van der Waals surface area contributed by atoms with E-state index in [9.17, 15) is 9.59 Å². The molecule has 1 atom stereocenters. The van der Waals surface area contributed by atoms with Crippen molar-refractivity contribution in [3.8, 4) is 0 Å². The van der Waals surface area contributed by atoms with Crippen LogP contribution < -0.4 is 10.6 Å². The van der Waals surface area contributed by atoms with E-state index >= 15 is 0 Å².